The fourth-order valence-electron chi connectivity index (χ4n) is 0.880. The van der Waals surface area contributed by atoms with Gasteiger partial charge < -0.3 is 0 Å². The molecule has 0 bridgehead atoms. The molecule has 0 fully saturated rings. The number of nitriles is 1. The first-order valence-corrected chi connectivity index (χ1v) is 3.85. The highest BCUT2D eigenvalue weighted by Crippen LogP contribution is 2.13. The molecule has 1 atom stereocenters. The first kappa shape index (κ1) is 10.6. The van der Waals surface area contributed by atoms with Crippen LogP contribution in [-0.2, 0) is 9.59 Å². The third-order valence-electron chi connectivity index (χ3n) is 1.68. The van der Waals surface area contributed by atoms with Crippen LogP contribution >= 0.6 is 0 Å². The maximum atomic E-state index is 10.8. The van der Waals surface area contributed by atoms with Crippen LogP contribution in [0.2, 0.25) is 0 Å². The minimum absolute atomic E-state index is 0.393. The maximum absolute atomic E-state index is 10.8. The summed E-state index contributed by atoms with van der Waals surface area (Å²) in [5, 5.41) is 8.28. The predicted octanol–water partition coefficient (Wildman–Crippen LogP) is 1.27. The highest BCUT2D eigenvalue weighted by Gasteiger charge is 2.17. The van der Waals surface area contributed by atoms with Crippen molar-refractivity contribution in [1.82, 2.24) is 0 Å². The van der Waals surface area contributed by atoms with E-state index in [-0.39, 0.29) is 0 Å². The van der Waals surface area contributed by atoms with Crippen molar-refractivity contribution in [3.63, 3.8) is 0 Å². The molecular weight excluding hydrogens is 154 g/mol. The van der Waals surface area contributed by atoms with Gasteiger partial charge in [-0.15, -0.1) is 0 Å². The van der Waals surface area contributed by atoms with E-state index in [1.165, 1.54) is 6.07 Å². The third kappa shape index (κ3) is 2.69. The molecule has 0 aromatic carbocycles. The Balaban J connectivity index is 4.46. The Hall–Kier alpha value is -1.39. The Morgan fingerprint density at radius 2 is 2.17 bits per heavy atom. The molecule has 0 radical (unpaired) electrons. The number of rotatable bonds is 4. The normalized spacial score (nSPS) is 11.1. The van der Waals surface area contributed by atoms with Crippen LogP contribution in [0.15, 0.2) is 5.57 Å². The Bertz CT molecular complexity index is 256. The minimum atomic E-state index is -0.590. The number of ketones is 1. The highest BCUT2D eigenvalue weighted by molar-refractivity contribution is 5.97. The van der Waals surface area contributed by atoms with Crippen molar-refractivity contribution in [1.29, 1.82) is 5.26 Å². The standard InChI is InChI=1S/C9H11NO2/c1-3-4-8(6-11)7(2)9(12)5-10/h7H,3-4H2,1-2H3/t7-/m0/s1. The van der Waals surface area contributed by atoms with Crippen molar-refractivity contribution < 1.29 is 9.59 Å². The van der Waals surface area contributed by atoms with Crippen molar-refractivity contribution in [2.75, 3.05) is 0 Å². The molecule has 0 aliphatic rings. The van der Waals surface area contributed by atoms with Crippen LogP contribution in [0.25, 0.3) is 0 Å². The Morgan fingerprint density at radius 3 is 2.50 bits per heavy atom. The van der Waals surface area contributed by atoms with Crippen LogP contribution < -0.4 is 0 Å². The van der Waals surface area contributed by atoms with Crippen LogP contribution in [0.1, 0.15) is 26.7 Å². The van der Waals surface area contributed by atoms with Gasteiger partial charge in [-0.05, 0) is 13.3 Å². The number of allylic oxidation sites excluding steroid dienone is 1. The molecule has 0 saturated heterocycles. The van der Waals surface area contributed by atoms with E-state index < -0.39 is 11.7 Å². The summed E-state index contributed by atoms with van der Waals surface area (Å²) >= 11 is 0. The lowest BCUT2D eigenvalue weighted by molar-refractivity contribution is -0.116. The quantitative estimate of drug-likeness (QED) is 0.465. The molecule has 0 heterocycles. The van der Waals surface area contributed by atoms with Crippen molar-refractivity contribution >= 4 is 11.7 Å². The number of Topliss-reactive ketones (excluding diaryl/α,β-unsaturated/α-hetero) is 1. The molecule has 3 nitrogen and oxygen atoms in total. The summed E-state index contributed by atoms with van der Waals surface area (Å²) in [5.41, 5.74) is 0.393. The van der Waals surface area contributed by atoms with E-state index in [1.807, 2.05) is 6.92 Å². The first-order valence-electron chi connectivity index (χ1n) is 3.85. The monoisotopic (exact) mass is 165 g/mol. The summed E-state index contributed by atoms with van der Waals surface area (Å²) in [6, 6.07) is 1.50. The topological polar surface area (TPSA) is 57.9 Å². The van der Waals surface area contributed by atoms with Crippen LogP contribution in [0.3, 0.4) is 0 Å². The lowest BCUT2D eigenvalue weighted by Gasteiger charge is -2.04. The zero-order valence-electron chi connectivity index (χ0n) is 7.26. The summed E-state index contributed by atoms with van der Waals surface area (Å²) in [6.07, 6.45) is 1.33. The lowest BCUT2D eigenvalue weighted by atomic mass is 9.95. The maximum Gasteiger partial charge on any atom is 0.239 e. The first-order chi connectivity index (χ1) is 5.67. The molecule has 0 unspecified atom stereocenters. The minimum Gasteiger partial charge on any atom is -0.282 e. The van der Waals surface area contributed by atoms with E-state index in [0.717, 1.165) is 6.42 Å². The summed E-state index contributed by atoms with van der Waals surface area (Å²) < 4.78 is 0. The summed E-state index contributed by atoms with van der Waals surface area (Å²) in [4.78, 5) is 21.2. The fraction of sp³-hybridized carbons (Fsp3) is 0.556. The zero-order valence-corrected chi connectivity index (χ0v) is 7.26. The second-order valence-electron chi connectivity index (χ2n) is 2.58. The van der Waals surface area contributed by atoms with E-state index in [9.17, 15) is 9.59 Å². The third-order valence-corrected chi connectivity index (χ3v) is 1.68. The smallest absolute Gasteiger partial charge is 0.239 e. The van der Waals surface area contributed by atoms with Gasteiger partial charge in [0.15, 0.2) is 0 Å². The molecule has 0 aromatic heterocycles. The fourth-order valence-corrected chi connectivity index (χ4v) is 0.880. The van der Waals surface area contributed by atoms with Crippen molar-refractivity contribution in [3.8, 4) is 6.07 Å². The average Bonchev–Trinajstić information content (AvgIpc) is 2.11. The largest absolute Gasteiger partial charge is 0.282 e. The Morgan fingerprint density at radius 1 is 1.58 bits per heavy atom. The van der Waals surface area contributed by atoms with E-state index in [2.05, 4.69) is 0 Å². The molecule has 0 amide bonds. The van der Waals surface area contributed by atoms with Gasteiger partial charge in [-0.25, -0.2) is 4.79 Å². The van der Waals surface area contributed by atoms with Crippen LogP contribution in [0.5, 0.6) is 0 Å². The molecule has 0 aliphatic carbocycles. The summed E-state index contributed by atoms with van der Waals surface area (Å²) in [6.45, 7) is 3.46. The second-order valence-corrected chi connectivity index (χ2v) is 2.58. The molecule has 0 saturated carbocycles. The number of nitrogens with zero attached hydrogens (tertiary/aromatic N) is 1. The number of carbonyl (C=O) groups excluding carboxylic acids is 2. The van der Waals surface area contributed by atoms with Crippen molar-refractivity contribution in [2.45, 2.75) is 26.7 Å². The average molecular weight is 165 g/mol. The van der Waals surface area contributed by atoms with E-state index in [1.54, 1.807) is 12.9 Å². The number of hydrogen-bond acceptors (Lipinski definition) is 3. The lowest BCUT2D eigenvalue weighted by Crippen LogP contribution is -2.11. The van der Waals surface area contributed by atoms with Crippen molar-refractivity contribution in [2.24, 2.45) is 5.92 Å². The van der Waals surface area contributed by atoms with Crippen LogP contribution in [0, 0.1) is 17.2 Å². The molecule has 3 heteroatoms. The van der Waals surface area contributed by atoms with E-state index in [4.69, 9.17) is 5.26 Å². The Labute approximate surface area is 71.7 Å². The molecular formula is C9H11NO2. The SMILES string of the molecule is CCCC(=C=O)[C@H](C)C(=O)C#N. The van der Waals surface area contributed by atoms with Gasteiger partial charge in [0.1, 0.15) is 12.0 Å². The molecule has 0 N–H and O–H groups in total. The van der Waals surface area contributed by atoms with E-state index >= 15 is 0 Å². The predicted molar refractivity (Wildman–Crippen MR) is 43.9 cm³/mol. The molecule has 12 heavy (non-hydrogen) atoms. The van der Waals surface area contributed by atoms with Crippen LogP contribution in [0.4, 0.5) is 0 Å². The van der Waals surface area contributed by atoms with Crippen molar-refractivity contribution in [3.05, 3.63) is 5.57 Å². The van der Waals surface area contributed by atoms with E-state index in [0.29, 0.717) is 12.0 Å². The van der Waals surface area contributed by atoms with Gasteiger partial charge in [-0.2, -0.15) is 5.26 Å². The zero-order chi connectivity index (χ0) is 9.56. The molecule has 64 valence electrons. The van der Waals surface area contributed by atoms with Gasteiger partial charge in [0.05, 0.1) is 5.92 Å². The van der Waals surface area contributed by atoms with Gasteiger partial charge in [0.25, 0.3) is 0 Å². The number of carbonyl (C=O) groups is 1. The van der Waals surface area contributed by atoms with Gasteiger partial charge in [-0.3, -0.25) is 4.79 Å². The second kappa shape index (κ2) is 5.29. The highest BCUT2D eigenvalue weighted by atomic mass is 16.1. The molecule has 0 aromatic rings. The Kier molecular flexibility index (Phi) is 4.67. The molecule has 0 rings (SSSR count). The summed E-state index contributed by atoms with van der Waals surface area (Å²) in [7, 11) is 0. The van der Waals surface area contributed by atoms with Gasteiger partial charge in [0.2, 0.25) is 5.78 Å². The molecule has 0 spiro atoms. The van der Waals surface area contributed by atoms with Crippen LogP contribution in [-0.4, -0.2) is 11.7 Å². The summed E-state index contributed by atoms with van der Waals surface area (Å²) in [5.74, 6) is 0.555. The van der Waals surface area contributed by atoms with Gasteiger partial charge in [0, 0.05) is 5.57 Å². The van der Waals surface area contributed by atoms with Gasteiger partial charge >= 0.3 is 0 Å². The van der Waals surface area contributed by atoms with Gasteiger partial charge in [-0.1, -0.05) is 13.3 Å². The number of hydrogen-bond donors (Lipinski definition) is 0. The molecule has 0 aliphatic heterocycles.